The molecule has 3 rings (SSSR count). The monoisotopic (exact) mass is 470 g/mol. The average Bonchev–Trinajstić information content (AvgIpc) is 3.00. The van der Waals surface area contributed by atoms with Crippen molar-refractivity contribution in [3.63, 3.8) is 0 Å². The fraction of sp³-hybridized carbons (Fsp3) is 0.458. The molecule has 9 heteroatoms. The first-order valence-electron chi connectivity index (χ1n) is 11.2. The number of nitrogens with two attached hydrogens (primary N) is 1. The van der Waals surface area contributed by atoms with Gasteiger partial charge in [0.25, 0.3) is 5.56 Å². The van der Waals surface area contributed by atoms with Crippen molar-refractivity contribution >= 4 is 25.5 Å². The van der Waals surface area contributed by atoms with E-state index in [-0.39, 0.29) is 5.56 Å². The number of anilines is 1. The van der Waals surface area contributed by atoms with Crippen LogP contribution in [0.15, 0.2) is 23.0 Å². The summed E-state index contributed by atoms with van der Waals surface area (Å²) < 4.78 is 14.3. The lowest BCUT2D eigenvalue weighted by molar-refractivity contribution is 0.0601. The van der Waals surface area contributed by atoms with E-state index in [0.29, 0.717) is 53.6 Å². The summed E-state index contributed by atoms with van der Waals surface area (Å²) >= 11 is 0. The molecule has 0 unspecified atom stereocenters. The average molecular weight is 471 g/mol. The fourth-order valence-electron chi connectivity index (χ4n) is 3.79. The third-order valence-corrected chi connectivity index (χ3v) is 7.64. The van der Waals surface area contributed by atoms with Crippen LogP contribution in [0, 0.1) is 13.8 Å². The fourth-order valence-corrected chi connectivity index (χ4v) is 4.55. The van der Waals surface area contributed by atoms with Crippen LogP contribution in [0.4, 0.5) is 5.69 Å². The number of carbonyl (C=O) groups is 1. The molecule has 0 fully saturated rings. The van der Waals surface area contributed by atoms with Crippen LogP contribution in [0.5, 0.6) is 0 Å². The van der Waals surface area contributed by atoms with Crippen molar-refractivity contribution < 1.29 is 14.3 Å². The number of hydrogen-bond donors (Lipinski definition) is 1. The smallest absolute Gasteiger partial charge is 0.337 e. The first-order valence-corrected chi connectivity index (χ1v) is 14.9. The van der Waals surface area contributed by atoms with E-state index < -0.39 is 14.0 Å². The minimum absolute atomic E-state index is 0.184. The van der Waals surface area contributed by atoms with Crippen molar-refractivity contribution in [1.82, 2.24) is 14.0 Å². The van der Waals surface area contributed by atoms with Gasteiger partial charge >= 0.3 is 5.97 Å². The van der Waals surface area contributed by atoms with Crippen molar-refractivity contribution in [3.05, 3.63) is 51.2 Å². The molecule has 0 radical (unpaired) electrons. The van der Waals surface area contributed by atoms with Crippen LogP contribution >= 0.6 is 0 Å². The highest BCUT2D eigenvalue weighted by Gasteiger charge is 2.22. The van der Waals surface area contributed by atoms with E-state index in [2.05, 4.69) is 19.6 Å². The molecule has 0 aliphatic carbocycles. The zero-order valence-corrected chi connectivity index (χ0v) is 21.6. The number of fused-ring (bicyclic) bond motifs is 1. The van der Waals surface area contributed by atoms with Gasteiger partial charge in [-0.2, -0.15) is 0 Å². The summed E-state index contributed by atoms with van der Waals surface area (Å²) in [5.41, 5.74) is 10.1. The molecule has 2 N–H and O–H groups in total. The Kier molecular flexibility index (Phi) is 7.13. The number of hydrogen-bond acceptors (Lipinski definition) is 6. The molecule has 178 valence electrons. The quantitative estimate of drug-likeness (QED) is 0.231. The van der Waals surface area contributed by atoms with Gasteiger partial charge in [0.2, 0.25) is 5.78 Å². The highest BCUT2D eigenvalue weighted by Crippen LogP contribution is 2.28. The van der Waals surface area contributed by atoms with Crippen molar-refractivity contribution in [2.45, 2.75) is 59.6 Å². The van der Waals surface area contributed by atoms with Crippen LogP contribution in [0.3, 0.4) is 0 Å². The maximum absolute atomic E-state index is 13.7. The molecule has 0 saturated heterocycles. The van der Waals surface area contributed by atoms with Gasteiger partial charge in [-0.1, -0.05) is 32.6 Å². The standard InChI is InChI=1S/C24H34N4O4Si/c1-8-20-21(18-10-9-17(13-19(18)25)23(30)31-4)22(29)28-16(3)15(2)27(24(28)26-20)14-32-11-12-33(5,6)7/h9-10,13H,8,11-12,14,25H2,1-7H3. The van der Waals surface area contributed by atoms with Crippen LogP contribution < -0.4 is 11.3 Å². The van der Waals surface area contributed by atoms with Crippen molar-refractivity contribution in [2.24, 2.45) is 0 Å². The lowest BCUT2D eigenvalue weighted by atomic mass is 10.00. The summed E-state index contributed by atoms with van der Waals surface area (Å²) in [5, 5.41) is 0. The Labute approximate surface area is 195 Å². The Balaban J connectivity index is 2.11. The molecule has 0 aliphatic rings. The lowest BCUT2D eigenvalue weighted by Gasteiger charge is -2.16. The number of esters is 1. The second kappa shape index (κ2) is 9.52. The summed E-state index contributed by atoms with van der Waals surface area (Å²) in [6, 6.07) is 5.90. The minimum atomic E-state index is -1.19. The molecule has 8 nitrogen and oxygen atoms in total. The van der Waals surface area contributed by atoms with E-state index >= 15 is 0 Å². The molecule has 1 aromatic carbocycles. The van der Waals surface area contributed by atoms with E-state index in [1.807, 2.05) is 25.3 Å². The Morgan fingerprint density at radius 2 is 1.88 bits per heavy atom. The number of aromatic nitrogens is 3. The third-order valence-electron chi connectivity index (χ3n) is 5.94. The van der Waals surface area contributed by atoms with E-state index in [1.54, 1.807) is 16.5 Å². The molecule has 0 amide bonds. The van der Waals surface area contributed by atoms with Gasteiger partial charge in [-0.05, 0) is 38.4 Å². The number of rotatable bonds is 8. The number of nitrogens with zero attached hydrogens (tertiary/aromatic N) is 3. The normalized spacial score (nSPS) is 11.8. The molecule has 33 heavy (non-hydrogen) atoms. The topological polar surface area (TPSA) is 101 Å². The van der Waals surface area contributed by atoms with Crippen molar-refractivity contribution in [2.75, 3.05) is 19.5 Å². The van der Waals surface area contributed by atoms with Crippen LogP contribution in [-0.4, -0.2) is 41.7 Å². The van der Waals surface area contributed by atoms with Crippen LogP contribution in [0.25, 0.3) is 16.9 Å². The zero-order chi connectivity index (χ0) is 24.5. The number of nitrogen functional groups attached to an aromatic ring is 1. The largest absolute Gasteiger partial charge is 0.465 e. The van der Waals surface area contributed by atoms with Gasteiger partial charge in [-0.3, -0.25) is 9.36 Å². The predicted molar refractivity (Wildman–Crippen MR) is 134 cm³/mol. The lowest BCUT2D eigenvalue weighted by Crippen LogP contribution is -2.23. The second-order valence-corrected chi connectivity index (χ2v) is 15.1. The molecular formula is C24H34N4O4Si. The van der Waals surface area contributed by atoms with Gasteiger partial charge in [-0.25, -0.2) is 14.2 Å². The van der Waals surface area contributed by atoms with Gasteiger partial charge in [-0.15, -0.1) is 0 Å². The number of carbonyl (C=O) groups excluding carboxylic acids is 1. The minimum Gasteiger partial charge on any atom is -0.465 e. The summed E-state index contributed by atoms with van der Waals surface area (Å²) in [4.78, 5) is 30.4. The van der Waals surface area contributed by atoms with Crippen LogP contribution in [0.1, 0.15) is 34.4 Å². The molecule has 0 spiro atoms. The van der Waals surface area contributed by atoms with Crippen molar-refractivity contribution in [1.29, 1.82) is 0 Å². The maximum Gasteiger partial charge on any atom is 0.337 e. The first-order chi connectivity index (χ1) is 15.5. The summed E-state index contributed by atoms with van der Waals surface area (Å²) in [7, 11) is 0.125. The summed E-state index contributed by atoms with van der Waals surface area (Å²) in [5.74, 6) is 0.0836. The molecule has 0 atom stereocenters. The molecule has 0 saturated carbocycles. The maximum atomic E-state index is 13.7. The Bertz CT molecular complexity index is 1250. The number of benzene rings is 1. The third kappa shape index (κ3) is 4.89. The Morgan fingerprint density at radius 1 is 1.18 bits per heavy atom. The Hall–Kier alpha value is -2.91. The molecule has 0 aliphatic heterocycles. The first kappa shape index (κ1) is 24.7. The highest BCUT2D eigenvalue weighted by molar-refractivity contribution is 6.76. The van der Waals surface area contributed by atoms with Gasteiger partial charge in [0.1, 0.15) is 6.73 Å². The van der Waals surface area contributed by atoms with Crippen molar-refractivity contribution in [3.8, 4) is 11.1 Å². The SMILES string of the molecule is CCc1nc2n(COCC[Si](C)(C)C)c(C)c(C)n2c(=O)c1-c1ccc(C(=O)OC)cc1N. The van der Waals surface area contributed by atoms with Crippen LogP contribution in [-0.2, 0) is 22.6 Å². The molecular weight excluding hydrogens is 436 g/mol. The van der Waals surface area contributed by atoms with Gasteiger partial charge < -0.3 is 15.2 Å². The number of aryl methyl sites for hydroxylation is 2. The number of methoxy groups -OCH3 is 1. The Morgan fingerprint density at radius 3 is 2.45 bits per heavy atom. The van der Waals surface area contributed by atoms with Gasteiger partial charge in [0.15, 0.2) is 0 Å². The van der Waals surface area contributed by atoms with E-state index in [9.17, 15) is 9.59 Å². The van der Waals surface area contributed by atoms with E-state index in [0.717, 1.165) is 17.4 Å². The van der Waals surface area contributed by atoms with Gasteiger partial charge in [0, 0.05) is 37.3 Å². The van der Waals surface area contributed by atoms with E-state index in [4.69, 9.17) is 20.2 Å². The number of ether oxygens (including phenoxy) is 2. The highest BCUT2D eigenvalue weighted by atomic mass is 28.3. The zero-order valence-electron chi connectivity index (χ0n) is 20.6. The van der Waals surface area contributed by atoms with E-state index in [1.165, 1.54) is 13.2 Å². The summed E-state index contributed by atoms with van der Waals surface area (Å²) in [6.45, 7) is 13.8. The number of imidazole rings is 1. The summed E-state index contributed by atoms with van der Waals surface area (Å²) in [6.07, 6.45) is 0.555. The molecule has 2 aromatic heterocycles. The van der Waals surface area contributed by atoms with Gasteiger partial charge in [0.05, 0.1) is 23.9 Å². The molecule has 2 heterocycles. The van der Waals surface area contributed by atoms with Crippen LogP contribution in [0.2, 0.25) is 25.7 Å². The second-order valence-electron chi connectivity index (χ2n) is 9.47. The molecule has 0 bridgehead atoms. The molecule has 3 aromatic rings. The predicted octanol–water partition coefficient (Wildman–Crippen LogP) is 4.02.